The normalized spacial score (nSPS) is 19.9. The third-order valence-electron chi connectivity index (χ3n) is 4.75. The largest absolute Gasteiger partial charge is 0.478 e. The van der Waals surface area contributed by atoms with E-state index in [9.17, 15) is 14.7 Å². The lowest BCUT2D eigenvalue weighted by Crippen LogP contribution is -2.47. The van der Waals surface area contributed by atoms with Crippen LogP contribution in [0.25, 0.3) is 0 Å². The van der Waals surface area contributed by atoms with Gasteiger partial charge >= 0.3 is 5.97 Å². The fourth-order valence-electron chi connectivity index (χ4n) is 3.33. The van der Waals surface area contributed by atoms with Crippen molar-refractivity contribution in [1.29, 1.82) is 0 Å². The molecule has 2 fully saturated rings. The number of amides is 1. The van der Waals surface area contributed by atoms with Crippen LogP contribution in [0.5, 0.6) is 0 Å². The van der Waals surface area contributed by atoms with Crippen LogP contribution in [-0.2, 0) is 9.53 Å². The average Bonchev–Trinajstić information content (AvgIpc) is 2.63. The molecule has 2 N–H and O–H groups in total. The number of aromatic nitrogens is 1. The molecular formula is C17H23N3O4. The third kappa shape index (κ3) is 3.84. The average molecular weight is 333 g/mol. The van der Waals surface area contributed by atoms with Crippen molar-refractivity contribution < 1.29 is 19.4 Å². The fourth-order valence-corrected chi connectivity index (χ4v) is 3.33. The van der Waals surface area contributed by atoms with Crippen molar-refractivity contribution in [3.63, 3.8) is 0 Å². The summed E-state index contributed by atoms with van der Waals surface area (Å²) in [5.74, 6) is -0.265. The number of carbonyl (C=O) groups is 2. The molecule has 0 aliphatic carbocycles. The maximum Gasteiger partial charge on any atom is 0.339 e. The Morgan fingerprint density at radius 1 is 1.21 bits per heavy atom. The zero-order valence-corrected chi connectivity index (χ0v) is 13.6. The molecule has 0 spiro atoms. The number of nitrogens with one attached hydrogen (secondary N) is 1. The minimum absolute atomic E-state index is 0.0613. The van der Waals surface area contributed by atoms with E-state index in [0.29, 0.717) is 32.1 Å². The molecule has 7 nitrogen and oxygen atoms in total. The molecule has 3 heterocycles. The van der Waals surface area contributed by atoms with Gasteiger partial charge in [-0.15, -0.1) is 0 Å². The van der Waals surface area contributed by atoms with Crippen LogP contribution in [0.4, 0.5) is 5.82 Å². The zero-order chi connectivity index (χ0) is 16.9. The van der Waals surface area contributed by atoms with E-state index in [-0.39, 0.29) is 23.4 Å². The smallest absolute Gasteiger partial charge is 0.339 e. The molecule has 0 aromatic carbocycles. The Hall–Kier alpha value is -2.15. The molecule has 2 saturated heterocycles. The highest BCUT2D eigenvalue weighted by Crippen LogP contribution is 2.22. The number of aromatic carboxylic acids is 1. The first-order valence-electron chi connectivity index (χ1n) is 8.46. The Morgan fingerprint density at radius 2 is 1.92 bits per heavy atom. The lowest BCUT2D eigenvalue weighted by molar-refractivity contribution is -0.128. The molecular weight excluding hydrogens is 310 g/mol. The highest BCUT2D eigenvalue weighted by atomic mass is 16.5. The summed E-state index contributed by atoms with van der Waals surface area (Å²) in [5.41, 5.74) is 0.224. The van der Waals surface area contributed by atoms with Crippen molar-refractivity contribution in [1.82, 2.24) is 10.3 Å². The minimum atomic E-state index is -0.965. The van der Waals surface area contributed by atoms with Gasteiger partial charge in [0.05, 0.1) is 0 Å². The van der Waals surface area contributed by atoms with Gasteiger partial charge in [0.25, 0.3) is 0 Å². The molecule has 0 unspecified atom stereocenters. The van der Waals surface area contributed by atoms with E-state index >= 15 is 0 Å². The van der Waals surface area contributed by atoms with E-state index in [1.165, 1.54) is 0 Å². The molecule has 2 aliphatic rings. The van der Waals surface area contributed by atoms with Crippen molar-refractivity contribution in [2.24, 2.45) is 5.92 Å². The summed E-state index contributed by atoms with van der Waals surface area (Å²) >= 11 is 0. The second-order valence-electron chi connectivity index (χ2n) is 6.34. The number of hydrogen-bond donors (Lipinski definition) is 2. The van der Waals surface area contributed by atoms with Crippen molar-refractivity contribution in [2.45, 2.75) is 31.7 Å². The van der Waals surface area contributed by atoms with Gasteiger partial charge in [0.2, 0.25) is 5.91 Å². The number of hydrogen-bond acceptors (Lipinski definition) is 5. The second kappa shape index (κ2) is 7.61. The number of rotatable bonds is 4. The summed E-state index contributed by atoms with van der Waals surface area (Å²) < 4.78 is 5.29. The Kier molecular flexibility index (Phi) is 5.30. The zero-order valence-electron chi connectivity index (χ0n) is 13.6. The molecule has 7 heteroatoms. The summed E-state index contributed by atoms with van der Waals surface area (Å²) in [7, 11) is 0. The predicted molar refractivity (Wildman–Crippen MR) is 88.1 cm³/mol. The minimum Gasteiger partial charge on any atom is -0.478 e. The Labute approximate surface area is 141 Å². The molecule has 2 aliphatic heterocycles. The molecule has 0 radical (unpaired) electrons. The van der Waals surface area contributed by atoms with Crippen LogP contribution in [0.15, 0.2) is 18.3 Å². The molecule has 1 aromatic rings. The monoisotopic (exact) mass is 333 g/mol. The summed E-state index contributed by atoms with van der Waals surface area (Å²) in [6, 6.07) is 3.35. The van der Waals surface area contributed by atoms with E-state index in [0.717, 1.165) is 25.7 Å². The van der Waals surface area contributed by atoms with Crippen molar-refractivity contribution >= 4 is 17.7 Å². The van der Waals surface area contributed by atoms with Crippen LogP contribution in [0.1, 0.15) is 36.0 Å². The summed E-state index contributed by atoms with van der Waals surface area (Å²) in [5, 5.41) is 12.4. The van der Waals surface area contributed by atoms with E-state index in [2.05, 4.69) is 10.3 Å². The van der Waals surface area contributed by atoms with E-state index in [1.54, 1.807) is 18.3 Å². The molecule has 1 amide bonds. The summed E-state index contributed by atoms with van der Waals surface area (Å²) in [6.45, 7) is 2.70. The third-order valence-corrected chi connectivity index (χ3v) is 4.75. The summed E-state index contributed by atoms with van der Waals surface area (Å²) in [6.07, 6.45) is 4.79. The van der Waals surface area contributed by atoms with Crippen LogP contribution < -0.4 is 10.2 Å². The molecule has 130 valence electrons. The van der Waals surface area contributed by atoms with Crippen LogP contribution in [0, 0.1) is 5.92 Å². The van der Waals surface area contributed by atoms with Gasteiger partial charge in [0.15, 0.2) is 0 Å². The SMILES string of the molecule is O=C(O)c1cccnc1N1CCC(NC(=O)C2CCOCC2)CC1. The second-order valence-corrected chi connectivity index (χ2v) is 6.34. The van der Waals surface area contributed by atoms with Crippen molar-refractivity contribution in [3.8, 4) is 0 Å². The Morgan fingerprint density at radius 3 is 2.58 bits per heavy atom. The number of piperidine rings is 1. The Balaban J connectivity index is 1.54. The fraction of sp³-hybridized carbons (Fsp3) is 0.588. The van der Waals surface area contributed by atoms with Gasteiger partial charge in [-0.1, -0.05) is 0 Å². The van der Waals surface area contributed by atoms with Gasteiger partial charge in [-0.25, -0.2) is 9.78 Å². The first-order valence-corrected chi connectivity index (χ1v) is 8.46. The molecule has 3 rings (SSSR count). The van der Waals surface area contributed by atoms with Gasteiger partial charge in [0, 0.05) is 44.5 Å². The topological polar surface area (TPSA) is 91.8 Å². The van der Waals surface area contributed by atoms with E-state index < -0.39 is 5.97 Å². The summed E-state index contributed by atoms with van der Waals surface area (Å²) in [4.78, 5) is 29.8. The number of carbonyl (C=O) groups excluding carboxylic acids is 1. The van der Waals surface area contributed by atoms with E-state index in [4.69, 9.17) is 4.74 Å². The molecule has 0 atom stereocenters. The van der Waals surface area contributed by atoms with Crippen LogP contribution in [-0.4, -0.2) is 54.3 Å². The van der Waals surface area contributed by atoms with Crippen LogP contribution >= 0.6 is 0 Å². The molecule has 0 saturated carbocycles. The van der Waals surface area contributed by atoms with Gasteiger partial charge in [-0.3, -0.25) is 4.79 Å². The number of ether oxygens (including phenoxy) is 1. The number of nitrogens with zero attached hydrogens (tertiary/aromatic N) is 2. The molecule has 24 heavy (non-hydrogen) atoms. The number of carboxylic acid groups (broad SMARTS) is 1. The molecule has 0 bridgehead atoms. The number of pyridine rings is 1. The lowest BCUT2D eigenvalue weighted by atomic mass is 9.97. The van der Waals surface area contributed by atoms with Gasteiger partial charge in [-0.05, 0) is 37.8 Å². The predicted octanol–water partition coefficient (Wildman–Crippen LogP) is 1.29. The van der Waals surface area contributed by atoms with Gasteiger partial charge in [0.1, 0.15) is 11.4 Å². The number of anilines is 1. The lowest BCUT2D eigenvalue weighted by Gasteiger charge is -2.34. The Bertz CT molecular complexity index is 593. The highest BCUT2D eigenvalue weighted by Gasteiger charge is 2.27. The highest BCUT2D eigenvalue weighted by molar-refractivity contribution is 5.93. The number of carboxylic acids is 1. The molecule has 1 aromatic heterocycles. The van der Waals surface area contributed by atoms with Crippen molar-refractivity contribution in [2.75, 3.05) is 31.2 Å². The maximum absolute atomic E-state index is 12.3. The van der Waals surface area contributed by atoms with Crippen LogP contribution in [0.2, 0.25) is 0 Å². The standard InChI is InChI=1S/C17H23N3O4/c21-16(12-5-10-24-11-6-12)19-13-3-8-20(9-4-13)15-14(17(22)23)2-1-7-18-15/h1-2,7,12-13H,3-6,8-11H2,(H,19,21)(H,22,23). The van der Waals surface area contributed by atoms with Crippen LogP contribution in [0.3, 0.4) is 0 Å². The quantitative estimate of drug-likeness (QED) is 0.863. The van der Waals surface area contributed by atoms with E-state index in [1.807, 2.05) is 4.90 Å². The van der Waals surface area contributed by atoms with Gasteiger partial charge in [-0.2, -0.15) is 0 Å². The van der Waals surface area contributed by atoms with Gasteiger partial charge < -0.3 is 20.1 Å². The maximum atomic E-state index is 12.3. The first-order chi connectivity index (χ1) is 11.6. The van der Waals surface area contributed by atoms with Crippen molar-refractivity contribution in [3.05, 3.63) is 23.9 Å². The first kappa shape index (κ1) is 16.7.